The topological polar surface area (TPSA) is 86.5 Å². The maximum absolute atomic E-state index is 9.89. The van der Waals surface area contributed by atoms with Crippen molar-refractivity contribution in [2.45, 2.75) is 0 Å². The van der Waals surface area contributed by atoms with Crippen molar-refractivity contribution in [2.24, 2.45) is 5.90 Å². The Morgan fingerprint density at radius 2 is 2.12 bits per heavy atom. The molecule has 0 spiro atoms. The minimum atomic E-state index is -2.70. The Labute approximate surface area is 45.6 Å². The van der Waals surface area contributed by atoms with Crippen molar-refractivity contribution in [1.82, 2.24) is 0 Å². The molecular weight excluding hydrogens is 133 g/mol. The Kier molecular flexibility index (Phi) is 3.07. The van der Waals surface area contributed by atoms with Crippen LogP contribution in [0, 0.1) is 0 Å². The molecule has 2 N–H and O–H groups in total. The molecule has 0 amide bonds. The van der Waals surface area contributed by atoms with E-state index in [4.69, 9.17) is 0 Å². The lowest BCUT2D eigenvalue weighted by molar-refractivity contribution is -0.141. The van der Waals surface area contributed by atoms with Gasteiger partial charge in [-0.15, -0.1) is 0 Å². The van der Waals surface area contributed by atoms with Crippen molar-refractivity contribution in [3.05, 3.63) is 0 Å². The van der Waals surface area contributed by atoms with Crippen LogP contribution in [0.25, 0.3) is 0 Å². The van der Waals surface area contributed by atoms with E-state index in [1.165, 1.54) is 0 Å². The van der Waals surface area contributed by atoms with Crippen LogP contribution in [0.3, 0.4) is 0 Å². The van der Waals surface area contributed by atoms with Gasteiger partial charge in [-0.1, -0.05) is 0 Å². The fraction of sp³-hybridized carbons (Fsp3) is 0.500. The molecule has 46 valence electrons. The molecule has 0 aromatic rings. The van der Waals surface area contributed by atoms with Gasteiger partial charge in [-0.2, -0.15) is 5.90 Å². The van der Waals surface area contributed by atoms with E-state index in [0.29, 0.717) is 0 Å². The molecule has 0 fully saturated rings. The zero-order valence-electron chi connectivity index (χ0n) is 3.86. The monoisotopic (exact) mass is 137 g/mol. The van der Waals surface area contributed by atoms with Gasteiger partial charge in [-0.25, -0.2) is 13.9 Å². The highest BCUT2D eigenvalue weighted by Gasteiger charge is 2.02. The highest BCUT2D eigenvalue weighted by atomic mass is 31.1. The van der Waals surface area contributed by atoms with Gasteiger partial charge in [0.2, 0.25) is 0 Å². The van der Waals surface area contributed by atoms with E-state index in [0.717, 1.165) is 0 Å². The molecule has 0 aliphatic rings. The third-order valence-electron chi connectivity index (χ3n) is 0.390. The molecule has 0 aromatic carbocycles. The van der Waals surface area contributed by atoms with Crippen molar-refractivity contribution in [3.8, 4) is 0 Å². The molecule has 8 heavy (non-hydrogen) atoms. The summed E-state index contributed by atoms with van der Waals surface area (Å²) >= 11 is 0. The highest BCUT2D eigenvalue weighted by Crippen LogP contribution is 2.00. The Morgan fingerprint density at radius 3 is 2.25 bits per heavy atom. The van der Waals surface area contributed by atoms with E-state index in [-0.39, 0.29) is 0 Å². The van der Waals surface area contributed by atoms with Crippen molar-refractivity contribution in [1.29, 1.82) is 0 Å². The molecule has 0 aliphatic heterocycles. The summed E-state index contributed by atoms with van der Waals surface area (Å²) in [4.78, 5) is 13.4. The quantitative estimate of drug-likeness (QED) is 0.412. The number of nitrogens with two attached hydrogens (primary N) is 1. The van der Waals surface area contributed by atoms with Crippen LogP contribution in [0.15, 0.2) is 0 Å². The predicted molar refractivity (Wildman–Crippen MR) is 23.4 cm³/mol. The average Bonchev–Trinajstić information content (AvgIpc) is 1.65. The fourth-order valence-electron chi connectivity index (χ4n) is 0.143. The smallest absolute Gasteiger partial charge is 0.338 e. The van der Waals surface area contributed by atoms with Crippen LogP contribution in [0.2, 0.25) is 0 Å². The zero-order valence-corrected chi connectivity index (χ0v) is 4.76. The summed E-state index contributed by atoms with van der Waals surface area (Å²) in [5.41, 5.74) is 0. The van der Waals surface area contributed by atoms with Crippen LogP contribution in [0.4, 0.5) is 0 Å². The van der Waals surface area contributed by atoms with Gasteiger partial charge in [0, 0.05) is 0 Å². The average molecular weight is 137 g/mol. The van der Waals surface area contributed by atoms with Crippen LogP contribution in [-0.2, 0) is 18.8 Å². The van der Waals surface area contributed by atoms with Crippen molar-refractivity contribution in [3.63, 3.8) is 0 Å². The lowest BCUT2D eigenvalue weighted by atomic mass is 10.8. The van der Waals surface area contributed by atoms with Crippen molar-refractivity contribution in [2.75, 3.05) is 6.16 Å². The maximum Gasteiger partial charge on any atom is 0.338 e. The van der Waals surface area contributed by atoms with Gasteiger partial charge in [-0.3, -0.25) is 0 Å². The van der Waals surface area contributed by atoms with E-state index in [1.54, 1.807) is 0 Å². The number of hydrogen-bond acceptors (Lipinski definition) is 5. The molecule has 0 heterocycles. The second kappa shape index (κ2) is 3.35. The Hall–Kier alpha value is -0.670. The summed E-state index contributed by atoms with van der Waals surface area (Å²) in [6, 6.07) is 0. The third-order valence-corrected chi connectivity index (χ3v) is 0.906. The molecule has 0 saturated heterocycles. The minimum absolute atomic E-state index is 0.647. The SMILES string of the molecule is NOC(=O)CP(=O)=O. The molecule has 0 aromatic heterocycles. The summed E-state index contributed by atoms with van der Waals surface area (Å²) in [6.45, 7) is 0. The Bertz CT molecular complexity index is 142. The van der Waals surface area contributed by atoms with Crippen LogP contribution < -0.4 is 5.90 Å². The van der Waals surface area contributed by atoms with Crippen molar-refractivity contribution < 1.29 is 18.8 Å². The molecule has 0 unspecified atom stereocenters. The van der Waals surface area contributed by atoms with Gasteiger partial charge in [-0.05, 0) is 0 Å². The van der Waals surface area contributed by atoms with Gasteiger partial charge in [0.05, 0.1) is 0 Å². The zero-order chi connectivity index (χ0) is 6.57. The van der Waals surface area contributed by atoms with Crippen LogP contribution in [-0.4, -0.2) is 12.1 Å². The Morgan fingerprint density at radius 1 is 1.62 bits per heavy atom. The summed E-state index contributed by atoms with van der Waals surface area (Å²) in [5.74, 6) is 3.36. The molecule has 6 heteroatoms. The number of carbonyl (C=O) groups excluding carboxylic acids is 1. The lowest BCUT2D eigenvalue weighted by Gasteiger charge is -1.85. The fourth-order valence-corrected chi connectivity index (χ4v) is 0.428. The van der Waals surface area contributed by atoms with E-state index < -0.39 is 19.8 Å². The number of rotatable bonds is 2. The molecular formula is C2H4NO4P. The van der Waals surface area contributed by atoms with Crippen LogP contribution in [0.1, 0.15) is 0 Å². The maximum atomic E-state index is 9.89. The number of hydrogen-bond donors (Lipinski definition) is 1. The first-order chi connectivity index (χ1) is 3.66. The summed E-state index contributed by atoms with van der Waals surface area (Å²) in [6.07, 6.45) is -0.647. The van der Waals surface area contributed by atoms with Crippen molar-refractivity contribution >= 4 is 13.6 Å². The number of carbonyl (C=O) groups is 1. The normalized spacial score (nSPS) is 8.12. The minimum Gasteiger partial charge on any atom is -0.373 e. The summed E-state index contributed by atoms with van der Waals surface area (Å²) < 4.78 is 19.3. The molecule has 0 radical (unpaired) electrons. The van der Waals surface area contributed by atoms with Gasteiger partial charge < -0.3 is 4.84 Å². The highest BCUT2D eigenvalue weighted by molar-refractivity contribution is 7.32. The Balaban J connectivity index is 3.56. The molecule has 0 bridgehead atoms. The lowest BCUT2D eigenvalue weighted by Crippen LogP contribution is -2.10. The first kappa shape index (κ1) is 7.33. The standard InChI is InChI=1S/C2H4NO4P/c3-7-2(4)1-8(5)6/h1,3H2. The van der Waals surface area contributed by atoms with E-state index in [1.807, 2.05) is 0 Å². The first-order valence-corrected chi connectivity index (χ1v) is 3.04. The van der Waals surface area contributed by atoms with Crippen LogP contribution >= 0.6 is 7.68 Å². The molecule has 0 rings (SSSR count). The molecule has 0 atom stereocenters. The van der Waals surface area contributed by atoms with Crippen LogP contribution in [0.5, 0.6) is 0 Å². The van der Waals surface area contributed by atoms with E-state index in [9.17, 15) is 13.9 Å². The van der Waals surface area contributed by atoms with Gasteiger partial charge in [0.15, 0.2) is 6.16 Å². The summed E-state index contributed by atoms with van der Waals surface area (Å²) in [5, 5.41) is 0. The molecule has 5 nitrogen and oxygen atoms in total. The van der Waals surface area contributed by atoms with Gasteiger partial charge in [0.25, 0.3) is 0 Å². The molecule has 0 aliphatic carbocycles. The second-order valence-corrected chi connectivity index (χ2v) is 1.96. The van der Waals surface area contributed by atoms with Gasteiger partial charge >= 0.3 is 13.6 Å². The summed E-state index contributed by atoms with van der Waals surface area (Å²) in [7, 11) is -2.70. The van der Waals surface area contributed by atoms with Gasteiger partial charge in [0.1, 0.15) is 0 Å². The predicted octanol–water partition coefficient (Wildman–Crippen LogP) is -0.424. The van der Waals surface area contributed by atoms with E-state index in [2.05, 4.69) is 10.7 Å². The second-order valence-electron chi connectivity index (χ2n) is 0.981. The molecule has 0 saturated carbocycles. The third kappa shape index (κ3) is 3.52. The first-order valence-electron chi connectivity index (χ1n) is 1.68. The largest absolute Gasteiger partial charge is 0.373 e. The van der Waals surface area contributed by atoms with E-state index >= 15 is 0 Å².